The van der Waals surface area contributed by atoms with E-state index in [0.717, 1.165) is 5.56 Å². The third-order valence-electron chi connectivity index (χ3n) is 6.32. The molecule has 180 valence electrons. The van der Waals surface area contributed by atoms with Gasteiger partial charge in [0.25, 0.3) is 0 Å². The minimum Gasteiger partial charge on any atom is -0.496 e. The number of ether oxygens (including phenoxy) is 4. The zero-order chi connectivity index (χ0) is 24.4. The summed E-state index contributed by atoms with van der Waals surface area (Å²) in [5, 5.41) is 11.0. The maximum absolute atomic E-state index is 11.7. The molecule has 2 aliphatic rings. The Balaban J connectivity index is 1.73. The van der Waals surface area contributed by atoms with Gasteiger partial charge in [0.05, 0.1) is 19.3 Å². The van der Waals surface area contributed by atoms with Gasteiger partial charge in [0.2, 0.25) is 0 Å². The zero-order valence-corrected chi connectivity index (χ0v) is 19.9. The summed E-state index contributed by atoms with van der Waals surface area (Å²) in [6, 6.07) is 1.30. The smallest absolute Gasteiger partial charge is 0.339 e. The molecule has 2 saturated heterocycles. The Kier molecular flexibility index (Phi) is 7.31. The lowest BCUT2D eigenvalue weighted by molar-refractivity contribution is -0.235. The summed E-state index contributed by atoms with van der Waals surface area (Å²) in [5.41, 5.74) is -1.73. The molecule has 8 nitrogen and oxygen atoms in total. The number of aliphatic hydroxyl groups excluding tert-OH is 1. The lowest BCUT2D eigenvalue weighted by Crippen LogP contribution is -2.65. The van der Waals surface area contributed by atoms with Gasteiger partial charge < -0.3 is 28.5 Å². The molecule has 2 bridgehead atoms. The maximum atomic E-state index is 11.7. The van der Waals surface area contributed by atoms with E-state index in [4.69, 9.17) is 23.4 Å². The van der Waals surface area contributed by atoms with Crippen LogP contribution < -0.4 is 10.4 Å². The average molecular weight is 461 g/mol. The van der Waals surface area contributed by atoms with Gasteiger partial charge in [-0.2, -0.15) is 0 Å². The van der Waals surface area contributed by atoms with Crippen LogP contribution in [0.3, 0.4) is 0 Å². The number of allylic oxidation sites excluding steroid dienone is 4. The van der Waals surface area contributed by atoms with Crippen molar-refractivity contribution >= 4 is 12.0 Å². The molecule has 6 atom stereocenters. The molecule has 0 saturated carbocycles. The molecular weight excluding hydrogens is 428 g/mol. The van der Waals surface area contributed by atoms with Gasteiger partial charge in [-0.15, -0.1) is 0 Å². The Hall–Kier alpha value is -2.68. The minimum absolute atomic E-state index is 0.320. The molecule has 0 radical (unpaired) electrons. The van der Waals surface area contributed by atoms with Gasteiger partial charge in [-0.1, -0.05) is 37.3 Å². The summed E-state index contributed by atoms with van der Waals surface area (Å²) >= 11 is 0. The van der Waals surface area contributed by atoms with E-state index in [1.165, 1.54) is 20.1 Å². The average Bonchev–Trinajstić information content (AvgIpc) is 2.93. The second-order valence-corrected chi connectivity index (χ2v) is 8.65. The topological polar surface area (TPSA) is 104 Å². The van der Waals surface area contributed by atoms with Crippen LogP contribution in [0.25, 0.3) is 6.08 Å². The van der Waals surface area contributed by atoms with E-state index in [-0.39, 0.29) is 6.10 Å². The molecule has 0 aliphatic carbocycles. The van der Waals surface area contributed by atoms with Crippen LogP contribution in [0.5, 0.6) is 5.75 Å². The Morgan fingerprint density at radius 2 is 1.88 bits per heavy atom. The van der Waals surface area contributed by atoms with Crippen molar-refractivity contribution in [3.8, 4) is 5.75 Å². The number of esters is 1. The van der Waals surface area contributed by atoms with Gasteiger partial charge in [0.1, 0.15) is 34.9 Å². The summed E-state index contributed by atoms with van der Waals surface area (Å²) in [4.78, 5) is 23.3. The lowest BCUT2D eigenvalue weighted by Gasteiger charge is -2.47. The maximum Gasteiger partial charge on any atom is 0.339 e. The normalized spacial score (nSPS) is 33.9. The Morgan fingerprint density at radius 3 is 2.52 bits per heavy atom. The van der Waals surface area contributed by atoms with Crippen molar-refractivity contribution in [3.05, 3.63) is 58.2 Å². The second-order valence-electron chi connectivity index (χ2n) is 8.65. The molecule has 0 spiro atoms. The highest BCUT2D eigenvalue weighted by Gasteiger charge is 2.69. The molecule has 2 aliphatic heterocycles. The first kappa shape index (κ1) is 25.0. The summed E-state index contributed by atoms with van der Waals surface area (Å²) < 4.78 is 28.3. The van der Waals surface area contributed by atoms with Crippen molar-refractivity contribution in [2.45, 2.75) is 76.7 Å². The fourth-order valence-electron chi connectivity index (χ4n) is 4.67. The van der Waals surface area contributed by atoms with Crippen molar-refractivity contribution in [1.82, 2.24) is 0 Å². The van der Waals surface area contributed by atoms with Crippen LogP contribution in [0.4, 0.5) is 0 Å². The van der Waals surface area contributed by atoms with E-state index in [1.54, 1.807) is 50.3 Å². The van der Waals surface area contributed by atoms with Crippen molar-refractivity contribution < 1.29 is 33.3 Å². The summed E-state index contributed by atoms with van der Waals surface area (Å²) in [6.07, 6.45) is 8.37. The number of carbonyl (C=O) groups is 1. The van der Waals surface area contributed by atoms with Gasteiger partial charge in [0.15, 0.2) is 6.10 Å². The third-order valence-corrected chi connectivity index (χ3v) is 6.32. The number of fused-ring (bicyclic) bond motifs is 2. The molecule has 0 aromatic carbocycles. The minimum atomic E-state index is -1.08. The Bertz CT molecular complexity index is 1020. The summed E-state index contributed by atoms with van der Waals surface area (Å²) in [6.45, 7) is 8.71. The molecule has 3 unspecified atom stereocenters. The second kappa shape index (κ2) is 9.67. The number of aliphatic hydroxyl groups is 1. The Labute approximate surface area is 193 Å². The van der Waals surface area contributed by atoms with E-state index in [0.29, 0.717) is 17.9 Å². The largest absolute Gasteiger partial charge is 0.496 e. The third kappa shape index (κ3) is 4.69. The predicted octanol–water partition coefficient (Wildman–Crippen LogP) is 3.10. The predicted molar refractivity (Wildman–Crippen MR) is 122 cm³/mol. The molecular formula is C25H32O8. The molecule has 33 heavy (non-hydrogen) atoms. The van der Waals surface area contributed by atoms with Gasteiger partial charge >= 0.3 is 11.6 Å². The van der Waals surface area contributed by atoms with Crippen molar-refractivity contribution in [2.24, 2.45) is 0 Å². The highest BCUT2D eigenvalue weighted by Crippen LogP contribution is 2.51. The molecule has 1 N–H and O–H groups in total. The summed E-state index contributed by atoms with van der Waals surface area (Å²) in [5.74, 6) is 0.435. The van der Waals surface area contributed by atoms with Gasteiger partial charge in [0, 0.05) is 12.5 Å². The zero-order valence-electron chi connectivity index (χ0n) is 19.9. The van der Waals surface area contributed by atoms with E-state index in [2.05, 4.69) is 0 Å². The van der Waals surface area contributed by atoms with Crippen LogP contribution in [-0.2, 0) is 19.0 Å². The monoisotopic (exact) mass is 460 g/mol. The first-order valence-electron chi connectivity index (χ1n) is 11.0. The summed E-state index contributed by atoms with van der Waals surface area (Å²) in [7, 11) is 1.50. The van der Waals surface area contributed by atoms with E-state index in [9.17, 15) is 14.7 Å². The van der Waals surface area contributed by atoms with Crippen LogP contribution in [0, 0.1) is 6.92 Å². The highest BCUT2D eigenvalue weighted by molar-refractivity contribution is 5.66. The molecule has 1 aromatic rings. The number of carbonyl (C=O) groups excluding carboxylic acids is 1. The number of hydrogen-bond acceptors (Lipinski definition) is 8. The van der Waals surface area contributed by atoms with Gasteiger partial charge in [-0.3, -0.25) is 4.79 Å². The van der Waals surface area contributed by atoms with Gasteiger partial charge in [-0.05, 0) is 33.3 Å². The standard InChI is InChI=1S/C25H32O8/c1-7-20-24(4)23(30-16(3)26)25(5,33-20)22(28)18(32-24)13-11-9-8-10-12-17-15(2)19(29-6)14-21(27)31-17/h8-14,18,20,22-23,28H,7H2,1-6H3/b9-8+,12-10+,13-11+/t18?,20-,22+,23?,24+,25?/m1/s1. The number of methoxy groups -OCH3 is 1. The highest BCUT2D eigenvalue weighted by atomic mass is 16.7. The molecule has 2 fully saturated rings. The van der Waals surface area contributed by atoms with E-state index >= 15 is 0 Å². The molecule has 1 aromatic heterocycles. The van der Waals surface area contributed by atoms with Crippen molar-refractivity contribution in [3.63, 3.8) is 0 Å². The van der Waals surface area contributed by atoms with Crippen LogP contribution in [0.2, 0.25) is 0 Å². The van der Waals surface area contributed by atoms with Crippen LogP contribution in [0.15, 0.2) is 45.7 Å². The molecule has 8 heteroatoms. The number of rotatable bonds is 7. The first-order chi connectivity index (χ1) is 15.6. The molecule has 3 rings (SSSR count). The first-order valence-corrected chi connectivity index (χ1v) is 11.0. The fraction of sp³-hybridized carbons (Fsp3) is 0.520. The van der Waals surface area contributed by atoms with Crippen LogP contribution in [-0.4, -0.2) is 53.8 Å². The van der Waals surface area contributed by atoms with Crippen LogP contribution >= 0.6 is 0 Å². The molecule has 3 heterocycles. The van der Waals surface area contributed by atoms with E-state index in [1.807, 2.05) is 13.8 Å². The Morgan fingerprint density at radius 1 is 1.18 bits per heavy atom. The van der Waals surface area contributed by atoms with Crippen molar-refractivity contribution in [2.75, 3.05) is 7.11 Å². The van der Waals surface area contributed by atoms with Crippen molar-refractivity contribution in [1.29, 1.82) is 0 Å². The number of hydrogen-bond donors (Lipinski definition) is 1. The molecule has 0 amide bonds. The fourth-order valence-corrected chi connectivity index (χ4v) is 4.67. The van der Waals surface area contributed by atoms with Crippen LogP contribution in [0.1, 0.15) is 45.4 Å². The quantitative estimate of drug-likeness (QED) is 0.489. The van der Waals surface area contributed by atoms with Gasteiger partial charge in [-0.25, -0.2) is 4.79 Å². The SMILES string of the molecule is CC[C@H]1OC2(C)C(OC(C)=O)[C@@]1(C)OC(/C=C/C=C/C=C/c1oc(=O)cc(OC)c1C)[C@@H]2O. The lowest BCUT2D eigenvalue weighted by atomic mass is 9.77. The van der Waals surface area contributed by atoms with E-state index < -0.39 is 41.1 Å².